The zero-order valence-electron chi connectivity index (χ0n) is 23.6. The molecular formula is C24H41N3O16. The fraction of sp³-hybridized carbons (Fsp3) is 0.875. The van der Waals surface area contributed by atoms with Gasteiger partial charge in [-0.05, 0) is 0 Å². The largest absolute Gasteiger partial charge is 0.394 e. The SMILES string of the molecule is CC(=O)N[C@@H]1[C@@H](O)[C@H](O[C@@H]2O[C@H](CO)[C@H](O[C@@H]3O[C@H](CO)[C@H](O)[C@H](O)[C@H]3NC(C)=O)[C@H](O)[C@H]2NC(C)=O)[C@@H](CO)O[C@H]1O. The van der Waals surface area contributed by atoms with Crippen LogP contribution in [0.2, 0.25) is 0 Å². The Hall–Kier alpha value is -2.11. The molecule has 0 saturated carbocycles. The van der Waals surface area contributed by atoms with Gasteiger partial charge in [0.25, 0.3) is 0 Å². The van der Waals surface area contributed by atoms with Gasteiger partial charge in [-0.1, -0.05) is 0 Å². The summed E-state index contributed by atoms with van der Waals surface area (Å²) in [4.78, 5) is 35.5. The maximum absolute atomic E-state index is 12.1. The van der Waals surface area contributed by atoms with Crippen molar-refractivity contribution in [3.05, 3.63) is 0 Å². The average molecular weight is 628 g/mol. The number of nitrogens with one attached hydrogen (secondary N) is 3. The molecule has 0 bridgehead atoms. The van der Waals surface area contributed by atoms with E-state index in [4.69, 9.17) is 23.7 Å². The maximum atomic E-state index is 12.1. The predicted molar refractivity (Wildman–Crippen MR) is 136 cm³/mol. The number of carbonyl (C=O) groups excluding carboxylic acids is 3. The van der Waals surface area contributed by atoms with Gasteiger partial charge in [0.15, 0.2) is 18.9 Å². The second-order valence-corrected chi connectivity index (χ2v) is 10.5. The molecule has 3 heterocycles. The molecule has 3 saturated heterocycles. The second-order valence-electron chi connectivity index (χ2n) is 10.5. The van der Waals surface area contributed by atoms with E-state index in [1.54, 1.807) is 0 Å². The molecule has 0 unspecified atom stereocenters. The summed E-state index contributed by atoms with van der Waals surface area (Å²) in [6.07, 6.45) is -19.0. The first-order chi connectivity index (χ1) is 20.2. The van der Waals surface area contributed by atoms with E-state index in [2.05, 4.69) is 16.0 Å². The van der Waals surface area contributed by atoms with Crippen molar-refractivity contribution < 1.29 is 78.9 Å². The van der Waals surface area contributed by atoms with Crippen molar-refractivity contribution in [3.63, 3.8) is 0 Å². The summed E-state index contributed by atoms with van der Waals surface area (Å²) in [6, 6.07) is -4.31. The Morgan fingerprint density at radius 2 is 0.930 bits per heavy atom. The van der Waals surface area contributed by atoms with E-state index in [1.807, 2.05) is 0 Å². The van der Waals surface area contributed by atoms with E-state index in [0.717, 1.165) is 20.8 Å². The first kappa shape index (κ1) is 35.4. The second kappa shape index (κ2) is 15.3. The monoisotopic (exact) mass is 627 g/mol. The fourth-order valence-corrected chi connectivity index (χ4v) is 5.28. The number of aliphatic hydroxyl groups excluding tert-OH is 8. The zero-order chi connectivity index (χ0) is 32.2. The molecule has 15 atom stereocenters. The topological polar surface area (TPSA) is 295 Å². The fourth-order valence-electron chi connectivity index (χ4n) is 5.28. The average Bonchev–Trinajstić information content (AvgIpc) is 2.94. The minimum absolute atomic E-state index is 0.628. The minimum Gasteiger partial charge on any atom is -0.394 e. The summed E-state index contributed by atoms with van der Waals surface area (Å²) >= 11 is 0. The molecule has 0 aromatic carbocycles. The zero-order valence-corrected chi connectivity index (χ0v) is 23.6. The lowest BCUT2D eigenvalue weighted by molar-refractivity contribution is -0.351. The van der Waals surface area contributed by atoms with Crippen LogP contribution in [0.1, 0.15) is 20.8 Å². The lowest BCUT2D eigenvalue weighted by Crippen LogP contribution is -2.71. The number of hydrogen-bond acceptors (Lipinski definition) is 16. The molecule has 19 heteroatoms. The quantitative estimate of drug-likeness (QED) is 0.107. The van der Waals surface area contributed by atoms with Crippen molar-refractivity contribution >= 4 is 17.7 Å². The third-order valence-electron chi connectivity index (χ3n) is 7.30. The van der Waals surface area contributed by atoms with Crippen LogP contribution in [0.25, 0.3) is 0 Å². The highest BCUT2D eigenvalue weighted by atomic mass is 16.7. The molecule has 3 rings (SSSR count). The summed E-state index contributed by atoms with van der Waals surface area (Å²) in [5, 5.41) is 90.0. The Balaban J connectivity index is 1.89. The summed E-state index contributed by atoms with van der Waals surface area (Å²) in [5.74, 6) is -1.96. The molecule has 0 aromatic heterocycles. The smallest absolute Gasteiger partial charge is 0.217 e. The normalized spacial score (nSPS) is 43.5. The summed E-state index contributed by atoms with van der Waals surface area (Å²) in [5.41, 5.74) is 0. The minimum atomic E-state index is -1.77. The van der Waals surface area contributed by atoms with E-state index in [0.29, 0.717) is 0 Å². The molecule has 3 aliphatic rings. The number of aliphatic hydroxyl groups is 8. The van der Waals surface area contributed by atoms with Crippen LogP contribution in [0.3, 0.4) is 0 Å². The summed E-state index contributed by atoms with van der Waals surface area (Å²) in [6.45, 7) is 0.995. The summed E-state index contributed by atoms with van der Waals surface area (Å²) < 4.78 is 28.3. The standard InChI is InChI=1S/C24H41N3O16/c1-7(31)25-13-18(36)20(11(5-29)39-22(13)38)42-24-15(27-9(3)33)19(37)21(12(6-30)41-24)43-23-14(26-8(2)32)17(35)16(34)10(4-28)40-23/h10-24,28-30,34-38H,4-6H2,1-3H3,(H,25,31)(H,26,32)(H,27,33)/t10-,11-,12-,13-,14-,15-,16+,17-,18-,19-,20-,21+,22-,23+,24+/m1/s1. The first-order valence-electron chi connectivity index (χ1n) is 13.5. The molecule has 3 aliphatic heterocycles. The van der Waals surface area contributed by atoms with E-state index < -0.39 is 129 Å². The van der Waals surface area contributed by atoms with E-state index in [9.17, 15) is 55.2 Å². The van der Waals surface area contributed by atoms with Gasteiger partial charge in [-0.2, -0.15) is 0 Å². The van der Waals surface area contributed by atoms with Crippen LogP contribution in [0, 0.1) is 0 Å². The lowest BCUT2D eigenvalue weighted by atomic mass is 9.93. The van der Waals surface area contributed by atoms with E-state index in [1.165, 1.54) is 0 Å². The van der Waals surface area contributed by atoms with Gasteiger partial charge in [-0.3, -0.25) is 14.4 Å². The Labute approximate surface area is 245 Å². The molecule has 0 aliphatic carbocycles. The van der Waals surface area contributed by atoms with E-state index in [-0.39, 0.29) is 0 Å². The van der Waals surface area contributed by atoms with Gasteiger partial charge in [0, 0.05) is 20.8 Å². The highest BCUT2D eigenvalue weighted by molar-refractivity contribution is 5.74. The van der Waals surface area contributed by atoms with Crippen LogP contribution in [0.15, 0.2) is 0 Å². The van der Waals surface area contributed by atoms with Crippen LogP contribution < -0.4 is 16.0 Å². The third-order valence-corrected chi connectivity index (χ3v) is 7.30. The van der Waals surface area contributed by atoms with Crippen molar-refractivity contribution in [1.82, 2.24) is 16.0 Å². The van der Waals surface area contributed by atoms with Gasteiger partial charge in [-0.15, -0.1) is 0 Å². The number of rotatable bonds is 10. The molecule has 3 fully saturated rings. The van der Waals surface area contributed by atoms with Crippen molar-refractivity contribution in [2.45, 2.75) is 113 Å². The van der Waals surface area contributed by atoms with Gasteiger partial charge < -0.3 is 80.5 Å². The molecule has 3 amide bonds. The Bertz CT molecular complexity index is 962. The molecule has 11 N–H and O–H groups in total. The van der Waals surface area contributed by atoms with Crippen LogP contribution in [-0.2, 0) is 38.1 Å². The van der Waals surface area contributed by atoms with Gasteiger partial charge in [-0.25, -0.2) is 0 Å². The number of carbonyl (C=O) groups is 3. The summed E-state index contributed by atoms with van der Waals surface area (Å²) in [7, 11) is 0. The van der Waals surface area contributed by atoms with Crippen LogP contribution in [-0.4, -0.2) is 170 Å². The van der Waals surface area contributed by atoms with Gasteiger partial charge >= 0.3 is 0 Å². The number of hydrogen-bond donors (Lipinski definition) is 11. The van der Waals surface area contributed by atoms with Crippen molar-refractivity contribution in [1.29, 1.82) is 0 Å². The first-order valence-corrected chi connectivity index (χ1v) is 13.5. The maximum Gasteiger partial charge on any atom is 0.217 e. The van der Waals surface area contributed by atoms with Crippen molar-refractivity contribution in [2.75, 3.05) is 19.8 Å². The van der Waals surface area contributed by atoms with Crippen LogP contribution >= 0.6 is 0 Å². The lowest BCUT2D eigenvalue weighted by Gasteiger charge is -2.49. The van der Waals surface area contributed by atoms with Crippen LogP contribution in [0.5, 0.6) is 0 Å². The highest BCUT2D eigenvalue weighted by Gasteiger charge is 2.54. The molecule has 248 valence electrons. The van der Waals surface area contributed by atoms with Crippen molar-refractivity contribution in [2.24, 2.45) is 0 Å². The highest BCUT2D eigenvalue weighted by Crippen LogP contribution is 2.32. The van der Waals surface area contributed by atoms with E-state index >= 15 is 0 Å². The van der Waals surface area contributed by atoms with Gasteiger partial charge in [0.2, 0.25) is 17.7 Å². The predicted octanol–water partition coefficient (Wildman–Crippen LogP) is -7.14. The number of amides is 3. The number of ether oxygens (including phenoxy) is 5. The molecule has 0 spiro atoms. The Morgan fingerprint density at radius 3 is 1.37 bits per heavy atom. The third kappa shape index (κ3) is 8.14. The van der Waals surface area contributed by atoms with Crippen LogP contribution in [0.4, 0.5) is 0 Å². The molecule has 19 nitrogen and oxygen atoms in total. The molecule has 0 aromatic rings. The van der Waals surface area contributed by atoms with Gasteiger partial charge in [0.1, 0.15) is 73.1 Å². The van der Waals surface area contributed by atoms with Crippen molar-refractivity contribution in [3.8, 4) is 0 Å². The Morgan fingerprint density at radius 1 is 0.558 bits per heavy atom. The molecule has 43 heavy (non-hydrogen) atoms. The Kier molecular flexibility index (Phi) is 12.5. The van der Waals surface area contributed by atoms with Gasteiger partial charge in [0.05, 0.1) is 19.8 Å². The molecular weight excluding hydrogens is 586 g/mol. The molecule has 0 radical (unpaired) electrons.